The minimum Gasteiger partial charge on any atom is -0.490 e. The minimum absolute atomic E-state index is 0.113. The van der Waals surface area contributed by atoms with E-state index in [4.69, 9.17) is 15.2 Å². The van der Waals surface area contributed by atoms with E-state index in [1.165, 1.54) is 6.08 Å². The maximum Gasteiger partial charge on any atom is 0.246 e. The van der Waals surface area contributed by atoms with E-state index in [9.17, 15) is 9.59 Å². The highest BCUT2D eigenvalue weighted by Gasteiger charge is 2.25. The first-order valence-electron chi connectivity index (χ1n) is 8.71. The highest BCUT2D eigenvalue weighted by Crippen LogP contribution is 2.29. The molecular weight excluding hydrogens is 320 g/mol. The van der Waals surface area contributed by atoms with Gasteiger partial charge in [-0.1, -0.05) is 6.07 Å². The second-order valence-electron chi connectivity index (χ2n) is 5.93. The van der Waals surface area contributed by atoms with Crippen LogP contribution in [0.4, 0.5) is 0 Å². The van der Waals surface area contributed by atoms with Gasteiger partial charge in [0, 0.05) is 19.2 Å². The molecule has 136 valence electrons. The molecule has 6 heteroatoms. The van der Waals surface area contributed by atoms with Gasteiger partial charge >= 0.3 is 0 Å². The van der Waals surface area contributed by atoms with E-state index < -0.39 is 0 Å². The number of hydrogen-bond acceptors (Lipinski definition) is 4. The van der Waals surface area contributed by atoms with Gasteiger partial charge in [-0.3, -0.25) is 9.59 Å². The molecular formula is C19H26N2O4. The van der Waals surface area contributed by atoms with Gasteiger partial charge in [0.1, 0.15) is 0 Å². The van der Waals surface area contributed by atoms with E-state index in [0.717, 1.165) is 18.4 Å². The van der Waals surface area contributed by atoms with Crippen molar-refractivity contribution in [3.05, 3.63) is 29.8 Å². The molecule has 0 bridgehead atoms. The zero-order valence-electron chi connectivity index (χ0n) is 14.9. The zero-order valence-corrected chi connectivity index (χ0v) is 14.9. The number of hydrogen-bond donors (Lipinski definition) is 1. The lowest BCUT2D eigenvalue weighted by Gasteiger charge is -2.30. The molecule has 1 aromatic carbocycles. The second-order valence-corrected chi connectivity index (χ2v) is 5.93. The lowest BCUT2D eigenvalue weighted by molar-refractivity contribution is -0.130. The summed E-state index contributed by atoms with van der Waals surface area (Å²) in [4.78, 5) is 25.4. The van der Waals surface area contributed by atoms with E-state index in [1.54, 1.807) is 11.0 Å². The number of carbonyl (C=O) groups is 2. The van der Waals surface area contributed by atoms with Gasteiger partial charge in [0.25, 0.3) is 0 Å². The van der Waals surface area contributed by atoms with Gasteiger partial charge < -0.3 is 20.1 Å². The first-order valence-corrected chi connectivity index (χ1v) is 8.71. The van der Waals surface area contributed by atoms with Crippen molar-refractivity contribution in [2.45, 2.75) is 26.7 Å². The van der Waals surface area contributed by atoms with Crippen LogP contribution in [0.3, 0.4) is 0 Å². The molecule has 0 spiro atoms. The SMILES string of the molecule is CCOc1ccc(/C=C/C(=O)N2CCCC(C(N)=O)C2)cc1OCC. The van der Waals surface area contributed by atoms with Gasteiger partial charge in [-0.15, -0.1) is 0 Å². The van der Waals surface area contributed by atoms with Crippen molar-refractivity contribution >= 4 is 17.9 Å². The Balaban J connectivity index is 2.06. The Morgan fingerprint density at radius 2 is 1.96 bits per heavy atom. The monoisotopic (exact) mass is 346 g/mol. The fourth-order valence-corrected chi connectivity index (χ4v) is 2.85. The molecule has 1 aromatic rings. The fourth-order valence-electron chi connectivity index (χ4n) is 2.85. The molecule has 1 heterocycles. The maximum absolute atomic E-state index is 12.4. The number of nitrogens with zero attached hydrogens (tertiary/aromatic N) is 1. The standard InChI is InChI=1S/C19H26N2O4/c1-3-24-16-9-7-14(12-17(16)25-4-2)8-10-18(22)21-11-5-6-15(13-21)19(20)23/h7-10,12,15H,3-6,11,13H2,1-2H3,(H2,20,23)/b10-8+. The number of likely N-dealkylation sites (tertiary alicyclic amines) is 1. The molecule has 25 heavy (non-hydrogen) atoms. The van der Waals surface area contributed by atoms with Crippen LogP contribution in [-0.2, 0) is 9.59 Å². The Hall–Kier alpha value is -2.50. The molecule has 6 nitrogen and oxygen atoms in total. The Bertz CT molecular complexity index is 642. The minimum atomic E-state index is -0.339. The van der Waals surface area contributed by atoms with Crippen molar-refractivity contribution < 1.29 is 19.1 Å². The molecule has 1 saturated heterocycles. The van der Waals surface area contributed by atoms with Crippen molar-refractivity contribution in [3.63, 3.8) is 0 Å². The van der Waals surface area contributed by atoms with Crippen LogP contribution in [0.2, 0.25) is 0 Å². The van der Waals surface area contributed by atoms with Crippen LogP contribution in [0.1, 0.15) is 32.3 Å². The molecule has 1 atom stereocenters. The van der Waals surface area contributed by atoms with Crippen molar-refractivity contribution in [1.29, 1.82) is 0 Å². The van der Waals surface area contributed by atoms with E-state index in [1.807, 2.05) is 32.0 Å². The molecule has 0 aliphatic carbocycles. The number of piperidine rings is 1. The second kappa shape index (κ2) is 9.11. The average Bonchev–Trinajstić information content (AvgIpc) is 2.62. The summed E-state index contributed by atoms with van der Waals surface area (Å²) in [5.74, 6) is 0.646. The molecule has 1 aliphatic rings. The number of ether oxygens (including phenoxy) is 2. The average molecular weight is 346 g/mol. The number of primary amides is 1. The number of nitrogens with two attached hydrogens (primary N) is 1. The van der Waals surface area contributed by atoms with Gasteiger partial charge in [0.05, 0.1) is 19.1 Å². The van der Waals surface area contributed by atoms with E-state index in [2.05, 4.69) is 0 Å². The Morgan fingerprint density at radius 3 is 2.64 bits per heavy atom. The van der Waals surface area contributed by atoms with E-state index in [-0.39, 0.29) is 17.7 Å². The normalized spacial score (nSPS) is 17.5. The molecule has 1 aliphatic heterocycles. The Kier molecular flexibility index (Phi) is 6.86. The van der Waals surface area contributed by atoms with Crippen LogP contribution in [0, 0.1) is 5.92 Å². The predicted molar refractivity (Wildman–Crippen MR) is 96.3 cm³/mol. The van der Waals surface area contributed by atoms with Gasteiger partial charge in [-0.2, -0.15) is 0 Å². The van der Waals surface area contributed by atoms with Gasteiger partial charge in [-0.25, -0.2) is 0 Å². The van der Waals surface area contributed by atoms with Crippen LogP contribution in [0.15, 0.2) is 24.3 Å². The number of benzene rings is 1. The number of rotatable bonds is 7. The van der Waals surface area contributed by atoms with Crippen molar-refractivity contribution in [1.82, 2.24) is 4.90 Å². The molecule has 0 aromatic heterocycles. The van der Waals surface area contributed by atoms with Crippen molar-refractivity contribution in [2.75, 3.05) is 26.3 Å². The quantitative estimate of drug-likeness (QED) is 0.768. The third-order valence-electron chi connectivity index (χ3n) is 4.12. The summed E-state index contributed by atoms with van der Waals surface area (Å²) in [6, 6.07) is 5.56. The predicted octanol–water partition coefficient (Wildman–Crippen LogP) is 2.22. The van der Waals surface area contributed by atoms with Gasteiger partial charge in [-0.05, 0) is 50.5 Å². The van der Waals surface area contributed by atoms with E-state index >= 15 is 0 Å². The molecule has 2 amide bonds. The molecule has 1 fully saturated rings. The zero-order chi connectivity index (χ0) is 18.2. The van der Waals surface area contributed by atoms with Crippen LogP contribution < -0.4 is 15.2 Å². The number of carbonyl (C=O) groups excluding carboxylic acids is 2. The van der Waals surface area contributed by atoms with Crippen molar-refractivity contribution in [2.24, 2.45) is 11.7 Å². The Morgan fingerprint density at radius 1 is 1.24 bits per heavy atom. The van der Waals surface area contributed by atoms with Crippen LogP contribution in [0.5, 0.6) is 11.5 Å². The third kappa shape index (κ3) is 5.24. The summed E-state index contributed by atoms with van der Waals surface area (Å²) in [5, 5.41) is 0. The van der Waals surface area contributed by atoms with Gasteiger partial charge in [0.15, 0.2) is 11.5 Å². The summed E-state index contributed by atoms with van der Waals surface area (Å²) < 4.78 is 11.1. The first kappa shape index (κ1) is 18.8. The third-order valence-corrected chi connectivity index (χ3v) is 4.12. The highest BCUT2D eigenvalue weighted by atomic mass is 16.5. The van der Waals surface area contributed by atoms with Crippen LogP contribution >= 0.6 is 0 Å². The fraction of sp³-hybridized carbons (Fsp3) is 0.474. The van der Waals surface area contributed by atoms with Gasteiger partial charge in [0.2, 0.25) is 11.8 Å². The molecule has 2 rings (SSSR count). The smallest absolute Gasteiger partial charge is 0.246 e. The molecule has 1 unspecified atom stereocenters. The summed E-state index contributed by atoms with van der Waals surface area (Å²) in [5.41, 5.74) is 6.21. The molecule has 0 radical (unpaired) electrons. The maximum atomic E-state index is 12.4. The molecule has 2 N–H and O–H groups in total. The lowest BCUT2D eigenvalue weighted by Crippen LogP contribution is -2.43. The summed E-state index contributed by atoms with van der Waals surface area (Å²) in [6.45, 7) is 5.97. The largest absolute Gasteiger partial charge is 0.490 e. The van der Waals surface area contributed by atoms with Crippen LogP contribution in [-0.4, -0.2) is 43.0 Å². The lowest BCUT2D eigenvalue weighted by atomic mass is 9.97. The van der Waals surface area contributed by atoms with Crippen molar-refractivity contribution in [3.8, 4) is 11.5 Å². The van der Waals surface area contributed by atoms with E-state index in [0.29, 0.717) is 37.8 Å². The summed E-state index contributed by atoms with van der Waals surface area (Å²) in [7, 11) is 0. The summed E-state index contributed by atoms with van der Waals surface area (Å²) in [6.07, 6.45) is 4.81. The summed E-state index contributed by atoms with van der Waals surface area (Å²) >= 11 is 0. The van der Waals surface area contributed by atoms with Crippen LogP contribution in [0.25, 0.3) is 6.08 Å². The highest BCUT2D eigenvalue weighted by molar-refractivity contribution is 5.92. The number of amides is 2. The molecule has 0 saturated carbocycles. The Labute approximate surface area is 148 Å². The topological polar surface area (TPSA) is 81.9 Å². The first-order chi connectivity index (χ1) is 12.0.